The summed E-state index contributed by atoms with van der Waals surface area (Å²) in [5, 5.41) is 10.9. The molecule has 0 spiro atoms. The van der Waals surface area contributed by atoms with Crippen LogP contribution in [0.4, 0.5) is 0 Å². The van der Waals surface area contributed by atoms with Crippen molar-refractivity contribution in [3.05, 3.63) is 54.9 Å². The fraction of sp³-hybridized carbons (Fsp3) is 0.125. The third-order valence-electron chi connectivity index (χ3n) is 3.08. The van der Waals surface area contributed by atoms with Crippen LogP contribution in [-0.2, 0) is 4.79 Å². The van der Waals surface area contributed by atoms with E-state index in [0.717, 1.165) is 0 Å². The van der Waals surface area contributed by atoms with Crippen LogP contribution in [0.5, 0.6) is 17.2 Å². The molecule has 0 aliphatic heterocycles. The number of carbonyl (C=O) groups is 1. The highest BCUT2D eigenvalue weighted by atomic mass is 16.6. The first-order valence-electron chi connectivity index (χ1n) is 7.05. The van der Waals surface area contributed by atoms with Gasteiger partial charge in [-0.05, 0) is 46.8 Å². The lowest BCUT2D eigenvalue weighted by Gasteiger charge is -2.08. The van der Waals surface area contributed by atoms with E-state index >= 15 is 0 Å². The number of esters is 1. The van der Waals surface area contributed by atoms with Crippen molar-refractivity contribution in [2.75, 3.05) is 13.7 Å². The smallest absolute Gasteiger partial charge is 0.349 e. The van der Waals surface area contributed by atoms with E-state index in [0.29, 0.717) is 22.9 Å². The van der Waals surface area contributed by atoms with E-state index in [1.165, 1.54) is 11.0 Å². The second-order valence-corrected chi connectivity index (χ2v) is 4.69. The van der Waals surface area contributed by atoms with Gasteiger partial charge in [0.25, 0.3) is 0 Å². The Balaban J connectivity index is 1.57. The van der Waals surface area contributed by atoms with E-state index in [2.05, 4.69) is 15.5 Å². The average Bonchev–Trinajstić information content (AvgIpc) is 3.15. The van der Waals surface area contributed by atoms with Gasteiger partial charge in [-0.2, -0.15) is 0 Å². The first-order chi connectivity index (χ1) is 11.7. The number of methoxy groups -OCH3 is 1. The van der Waals surface area contributed by atoms with Crippen LogP contribution in [0.1, 0.15) is 0 Å². The van der Waals surface area contributed by atoms with Gasteiger partial charge in [-0.3, -0.25) is 0 Å². The molecule has 0 bridgehead atoms. The van der Waals surface area contributed by atoms with E-state index < -0.39 is 5.97 Å². The van der Waals surface area contributed by atoms with Gasteiger partial charge in [0, 0.05) is 6.07 Å². The quantitative estimate of drug-likeness (QED) is 0.503. The topological polar surface area (TPSA) is 88.4 Å². The Morgan fingerprint density at radius 1 is 1.08 bits per heavy atom. The summed E-state index contributed by atoms with van der Waals surface area (Å²) in [7, 11) is 1.58. The van der Waals surface area contributed by atoms with Crippen LogP contribution in [0, 0.1) is 0 Å². The molecule has 0 radical (unpaired) electrons. The van der Waals surface area contributed by atoms with E-state index in [9.17, 15) is 4.79 Å². The van der Waals surface area contributed by atoms with Gasteiger partial charge in [0.2, 0.25) is 0 Å². The summed E-state index contributed by atoms with van der Waals surface area (Å²) < 4.78 is 17.1. The van der Waals surface area contributed by atoms with Gasteiger partial charge in [-0.25, -0.2) is 9.48 Å². The monoisotopic (exact) mass is 326 g/mol. The van der Waals surface area contributed by atoms with Gasteiger partial charge >= 0.3 is 5.97 Å². The second kappa shape index (κ2) is 7.23. The van der Waals surface area contributed by atoms with Crippen molar-refractivity contribution >= 4 is 5.97 Å². The van der Waals surface area contributed by atoms with Crippen LogP contribution >= 0.6 is 0 Å². The Kier molecular flexibility index (Phi) is 4.66. The molecule has 8 heteroatoms. The Morgan fingerprint density at radius 3 is 2.58 bits per heavy atom. The Morgan fingerprint density at radius 2 is 1.88 bits per heavy atom. The second-order valence-electron chi connectivity index (χ2n) is 4.69. The summed E-state index contributed by atoms with van der Waals surface area (Å²) in [5.41, 5.74) is 0.682. The zero-order chi connectivity index (χ0) is 16.8. The summed E-state index contributed by atoms with van der Waals surface area (Å²) >= 11 is 0. The van der Waals surface area contributed by atoms with Gasteiger partial charge in [-0.1, -0.05) is 6.07 Å². The minimum atomic E-state index is -0.514. The van der Waals surface area contributed by atoms with Crippen molar-refractivity contribution in [3.63, 3.8) is 0 Å². The first-order valence-corrected chi connectivity index (χ1v) is 7.05. The molecule has 122 valence electrons. The lowest BCUT2D eigenvalue weighted by molar-refractivity contribution is -0.136. The zero-order valence-electron chi connectivity index (χ0n) is 12.8. The number of hydrogen-bond donors (Lipinski definition) is 0. The molecule has 24 heavy (non-hydrogen) atoms. The molecule has 3 rings (SSSR count). The predicted octanol–water partition coefficient (Wildman–Crippen LogP) is 1.66. The molecule has 0 aliphatic rings. The van der Waals surface area contributed by atoms with Crippen molar-refractivity contribution in [2.24, 2.45) is 0 Å². The molecular formula is C16H14N4O4. The molecule has 1 aromatic heterocycles. The highest BCUT2D eigenvalue weighted by Gasteiger charge is 2.08. The molecule has 0 unspecified atom stereocenters. The van der Waals surface area contributed by atoms with Crippen LogP contribution in [0.2, 0.25) is 0 Å². The van der Waals surface area contributed by atoms with Crippen molar-refractivity contribution < 1.29 is 19.0 Å². The highest BCUT2D eigenvalue weighted by Crippen LogP contribution is 2.18. The number of ether oxygens (including phenoxy) is 3. The van der Waals surface area contributed by atoms with Gasteiger partial charge < -0.3 is 14.2 Å². The van der Waals surface area contributed by atoms with Crippen LogP contribution in [0.25, 0.3) is 5.69 Å². The molecule has 8 nitrogen and oxygen atoms in total. The van der Waals surface area contributed by atoms with E-state index in [-0.39, 0.29) is 6.61 Å². The summed E-state index contributed by atoms with van der Waals surface area (Å²) in [5.74, 6) is 1.13. The molecule has 0 N–H and O–H groups in total. The molecule has 0 atom stereocenters. The van der Waals surface area contributed by atoms with Crippen molar-refractivity contribution in [2.45, 2.75) is 0 Å². The number of aromatic nitrogens is 4. The van der Waals surface area contributed by atoms with Gasteiger partial charge in [0.1, 0.15) is 23.6 Å². The Bertz CT molecular complexity index is 803. The molecule has 1 heterocycles. The fourth-order valence-electron chi connectivity index (χ4n) is 1.94. The van der Waals surface area contributed by atoms with E-state index in [1.54, 1.807) is 55.6 Å². The van der Waals surface area contributed by atoms with Gasteiger partial charge in [0.15, 0.2) is 6.61 Å². The standard InChI is InChI=1S/C16H14N4O4/c1-22-13-5-7-14(8-6-13)23-10-16(21)24-15-4-2-3-12(9-15)20-11-17-18-19-20/h2-9,11H,10H2,1H3. The number of tetrazole rings is 1. The lowest BCUT2D eigenvalue weighted by atomic mass is 10.3. The summed E-state index contributed by atoms with van der Waals surface area (Å²) in [4.78, 5) is 11.9. The molecule has 0 aliphatic carbocycles. The number of carbonyl (C=O) groups excluding carboxylic acids is 1. The van der Waals surface area contributed by atoms with Crippen molar-refractivity contribution in [3.8, 4) is 22.9 Å². The lowest BCUT2D eigenvalue weighted by Crippen LogP contribution is -2.17. The molecule has 2 aromatic carbocycles. The Hall–Kier alpha value is -3.42. The van der Waals surface area contributed by atoms with Crippen LogP contribution in [-0.4, -0.2) is 39.9 Å². The zero-order valence-corrected chi connectivity index (χ0v) is 12.8. The van der Waals surface area contributed by atoms with Gasteiger partial charge in [-0.15, -0.1) is 5.10 Å². The van der Waals surface area contributed by atoms with E-state index in [1.807, 2.05) is 0 Å². The molecular weight excluding hydrogens is 312 g/mol. The molecule has 0 amide bonds. The molecule has 0 fully saturated rings. The van der Waals surface area contributed by atoms with Crippen LogP contribution < -0.4 is 14.2 Å². The summed E-state index contributed by atoms with van der Waals surface area (Å²) in [6, 6.07) is 13.8. The maximum Gasteiger partial charge on any atom is 0.349 e. The average molecular weight is 326 g/mol. The van der Waals surface area contributed by atoms with E-state index in [4.69, 9.17) is 14.2 Å². The molecule has 0 saturated heterocycles. The largest absolute Gasteiger partial charge is 0.497 e. The fourth-order valence-corrected chi connectivity index (χ4v) is 1.94. The third kappa shape index (κ3) is 3.86. The minimum absolute atomic E-state index is 0.207. The number of rotatable bonds is 6. The number of nitrogens with zero attached hydrogens (tertiary/aromatic N) is 4. The van der Waals surface area contributed by atoms with Crippen LogP contribution in [0.3, 0.4) is 0 Å². The van der Waals surface area contributed by atoms with Crippen molar-refractivity contribution in [1.29, 1.82) is 0 Å². The predicted molar refractivity (Wildman–Crippen MR) is 83.3 cm³/mol. The minimum Gasteiger partial charge on any atom is -0.497 e. The molecule has 0 saturated carbocycles. The third-order valence-corrected chi connectivity index (χ3v) is 3.08. The number of benzene rings is 2. The Labute approximate surface area is 137 Å². The maximum atomic E-state index is 11.9. The summed E-state index contributed by atoms with van der Waals surface area (Å²) in [6.45, 7) is -0.207. The van der Waals surface area contributed by atoms with Crippen LogP contribution in [0.15, 0.2) is 54.9 Å². The van der Waals surface area contributed by atoms with Gasteiger partial charge in [0.05, 0.1) is 12.8 Å². The highest BCUT2D eigenvalue weighted by molar-refractivity contribution is 5.74. The molecule has 3 aromatic rings. The normalized spacial score (nSPS) is 10.2. The summed E-state index contributed by atoms with van der Waals surface area (Å²) in [6.07, 6.45) is 1.45. The maximum absolute atomic E-state index is 11.9. The number of hydrogen-bond acceptors (Lipinski definition) is 7. The SMILES string of the molecule is COc1ccc(OCC(=O)Oc2cccc(-n3cnnn3)c2)cc1. The van der Waals surface area contributed by atoms with Crippen molar-refractivity contribution in [1.82, 2.24) is 20.2 Å². The first kappa shape index (κ1) is 15.5.